The van der Waals surface area contributed by atoms with Crippen molar-refractivity contribution in [1.82, 2.24) is 0 Å². The third-order valence-corrected chi connectivity index (χ3v) is 6.78. The topological polar surface area (TPSA) is 18.5 Å². The highest BCUT2D eigenvalue weighted by Gasteiger charge is 2.51. The van der Waals surface area contributed by atoms with Gasteiger partial charge in [-0.2, -0.15) is 0 Å². The molecule has 6 rings (SSSR count). The smallest absolute Gasteiger partial charge is 0.120 e. The van der Waals surface area contributed by atoms with Crippen molar-refractivity contribution in [3.05, 3.63) is 107 Å². The Bertz CT molecular complexity index is 1270. The Kier molecular flexibility index (Phi) is 4.42. The lowest BCUT2D eigenvalue weighted by Crippen LogP contribution is -2.26. The first-order chi connectivity index (χ1) is 16.0. The number of rotatable bonds is 4. The van der Waals surface area contributed by atoms with E-state index in [-0.39, 0.29) is 17.6 Å². The largest absolute Gasteiger partial charge is 0.491 e. The van der Waals surface area contributed by atoms with Crippen LogP contribution >= 0.6 is 0 Å². The van der Waals surface area contributed by atoms with Crippen molar-refractivity contribution in [2.75, 3.05) is 0 Å². The first-order valence-corrected chi connectivity index (χ1v) is 11.8. The molecule has 164 valence electrons. The molecule has 4 aromatic rings. The Balaban J connectivity index is 1.72. The number of ether oxygens (including phenoxy) is 2. The summed E-state index contributed by atoms with van der Waals surface area (Å²) in [5, 5.41) is 0. The SMILES string of the molecule is CC(C)Oc1ccc2c(c1)C1(c3ccccc3-2)c2ccccc2-c2ccc(OC(C)C)cc21. The fourth-order valence-corrected chi connectivity index (χ4v) is 5.79. The van der Waals surface area contributed by atoms with E-state index in [1.54, 1.807) is 0 Å². The molecular formula is C31H28O2. The van der Waals surface area contributed by atoms with E-state index in [2.05, 4.69) is 113 Å². The predicted octanol–water partition coefficient (Wildman–Crippen LogP) is 7.60. The van der Waals surface area contributed by atoms with Crippen LogP contribution in [0.1, 0.15) is 49.9 Å². The van der Waals surface area contributed by atoms with Crippen molar-refractivity contribution in [1.29, 1.82) is 0 Å². The number of benzene rings is 4. The van der Waals surface area contributed by atoms with Crippen LogP contribution in [0.15, 0.2) is 84.9 Å². The van der Waals surface area contributed by atoms with Crippen molar-refractivity contribution in [3.8, 4) is 33.8 Å². The molecule has 0 radical (unpaired) electrons. The van der Waals surface area contributed by atoms with Crippen LogP contribution in [0.25, 0.3) is 22.3 Å². The Labute approximate surface area is 195 Å². The molecule has 2 aliphatic carbocycles. The quantitative estimate of drug-likeness (QED) is 0.285. The second-order valence-electron chi connectivity index (χ2n) is 9.59. The van der Waals surface area contributed by atoms with E-state index < -0.39 is 0 Å². The zero-order chi connectivity index (χ0) is 22.7. The molecule has 0 aromatic heterocycles. The van der Waals surface area contributed by atoms with E-state index in [1.165, 1.54) is 44.5 Å². The zero-order valence-corrected chi connectivity index (χ0v) is 19.6. The molecule has 33 heavy (non-hydrogen) atoms. The molecule has 2 aliphatic rings. The van der Waals surface area contributed by atoms with Gasteiger partial charge < -0.3 is 9.47 Å². The van der Waals surface area contributed by atoms with E-state index in [9.17, 15) is 0 Å². The van der Waals surface area contributed by atoms with Gasteiger partial charge in [-0.1, -0.05) is 60.7 Å². The molecule has 0 saturated heterocycles. The summed E-state index contributed by atoms with van der Waals surface area (Å²) in [6.45, 7) is 8.31. The normalized spacial score (nSPS) is 14.2. The van der Waals surface area contributed by atoms with E-state index in [0.29, 0.717) is 0 Å². The Hall–Kier alpha value is -3.52. The molecule has 0 atom stereocenters. The predicted molar refractivity (Wildman–Crippen MR) is 134 cm³/mol. The second kappa shape index (κ2) is 7.25. The zero-order valence-electron chi connectivity index (χ0n) is 19.6. The Morgan fingerprint density at radius 2 is 0.879 bits per heavy atom. The molecule has 0 amide bonds. The standard InChI is InChI=1S/C31H28O2/c1-19(2)32-21-13-15-25-23-9-5-7-11-27(23)31(29(25)17-21)28-12-8-6-10-24(28)26-16-14-22(18-30(26)31)33-20(3)4/h5-20H,1-4H3. The van der Waals surface area contributed by atoms with Crippen molar-refractivity contribution >= 4 is 0 Å². The van der Waals surface area contributed by atoms with Crippen LogP contribution in [0.3, 0.4) is 0 Å². The van der Waals surface area contributed by atoms with Crippen molar-refractivity contribution < 1.29 is 9.47 Å². The van der Waals surface area contributed by atoms with Crippen LogP contribution < -0.4 is 9.47 Å². The second-order valence-corrected chi connectivity index (χ2v) is 9.59. The third-order valence-electron chi connectivity index (χ3n) is 6.78. The van der Waals surface area contributed by atoms with Crippen LogP contribution in [0.4, 0.5) is 0 Å². The van der Waals surface area contributed by atoms with Gasteiger partial charge in [-0.05, 0) is 96.5 Å². The maximum Gasteiger partial charge on any atom is 0.120 e. The number of fused-ring (bicyclic) bond motifs is 10. The molecule has 1 spiro atoms. The van der Waals surface area contributed by atoms with E-state index in [0.717, 1.165) is 11.5 Å². The maximum absolute atomic E-state index is 6.17. The van der Waals surface area contributed by atoms with E-state index in [1.807, 2.05) is 0 Å². The highest BCUT2D eigenvalue weighted by atomic mass is 16.5. The lowest BCUT2D eigenvalue weighted by atomic mass is 9.70. The number of hydrogen-bond donors (Lipinski definition) is 0. The third kappa shape index (κ3) is 2.80. The van der Waals surface area contributed by atoms with Crippen LogP contribution in [0.2, 0.25) is 0 Å². The highest BCUT2D eigenvalue weighted by molar-refractivity contribution is 5.95. The Morgan fingerprint density at radius 1 is 0.485 bits per heavy atom. The van der Waals surface area contributed by atoms with Crippen LogP contribution in [0.5, 0.6) is 11.5 Å². The Morgan fingerprint density at radius 3 is 1.30 bits per heavy atom. The maximum atomic E-state index is 6.17. The van der Waals surface area contributed by atoms with Crippen LogP contribution in [-0.2, 0) is 5.41 Å². The molecule has 0 fully saturated rings. The highest BCUT2D eigenvalue weighted by Crippen LogP contribution is 2.63. The molecule has 0 N–H and O–H groups in total. The molecule has 0 saturated carbocycles. The molecular weight excluding hydrogens is 404 g/mol. The van der Waals surface area contributed by atoms with Crippen molar-refractivity contribution in [2.45, 2.75) is 45.3 Å². The van der Waals surface area contributed by atoms with Crippen LogP contribution in [-0.4, -0.2) is 12.2 Å². The summed E-state index contributed by atoms with van der Waals surface area (Å²) in [6.07, 6.45) is 0.244. The average Bonchev–Trinajstić information content (AvgIpc) is 3.25. The molecule has 2 heteroatoms. The lowest BCUT2D eigenvalue weighted by molar-refractivity contribution is 0.242. The minimum Gasteiger partial charge on any atom is -0.491 e. The summed E-state index contributed by atoms with van der Waals surface area (Å²) in [7, 11) is 0. The van der Waals surface area contributed by atoms with Gasteiger partial charge in [-0.15, -0.1) is 0 Å². The monoisotopic (exact) mass is 432 g/mol. The summed E-state index contributed by atoms with van der Waals surface area (Å²) in [5.74, 6) is 1.83. The number of hydrogen-bond acceptors (Lipinski definition) is 2. The minimum absolute atomic E-state index is 0.122. The summed E-state index contributed by atoms with van der Waals surface area (Å²) < 4.78 is 12.3. The minimum atomic E-state index is -0.384. The fourth-order valence-electron chi connectivity index (χ4n) is 5.79. The van der Waals surface area contributed by atoms with Gasteiger partial charge in [0.15, 0.2) is 0 Å². The van der Waals surface area contributed by atoms with E-state index in [4.69, 9.17) is 9.47 Å². The van der Waals surface area contributed by atoms with Crippen LogP contribution in [0, 0.1) is 0 Å². The molecule has 4 aromatic carbocycles. The molecule has 0 heterocycles. The molecule has 2 nitrogen and oxygen atoms in total. The van der Waals surface area contributed by atoms with Gasteiger partial charge in [0.05, 0.1) is 17.6 Å². The summed E-state index contributed by atoms with van der Waals surface area (Å²) in [6, 6.07) is 30.9. The average molecular weight is 433 g/mol. The molecule has 0 bridgehead atoms. The summed E-state index contributed by atoms with van der Waals surface area (Å²) in [5.41, 5.74) is 9.99. The fraction of sp³-hybridized carbons (Fsp3) is 0.226. The van der Waals surface area contributed by atoms with E-state index >= 15 is 0 Å². The van der Waals surface area contributed by atoms with Gasteiger partial charge in [0, 0.05) is 0 Å². The first kappa shape index (κ1) is 20.1. The van der Waals surface area contributed by atoms with Gasteiger partial charge >= 0.3 is 0 Å². The lowest BCUT2D eigenvalue weighted by Gasteiger charge is -2.31. The van der Waals surface area contributed by atoms with Gasteiger partial charge in [-0.3, -0.25) is 0 Å². The van der Waals surface area contributed by atoms with Gasteiger partial charge in [0.1, 0.15) is 11.5 Å². The van der Waals surface area contributed by atoms with Gasteiger partial charge in [0.25, 0.3) is 0 Å². The van der Waals surface area contributed by atoms with Gasteiger partial charge in [0.2, 0.25) is 0 Å². The summed E-state index contributed by atoms with van der Waals surface area (Å²) >= 11 is 0. The molecule has 0 unspecified atom stereocenters. The molecule has 0 aliphatic heterocycles. The first-order valence-electron chi connectivity index (χ1n) is 11.8. The van der Waals surface area contributed by atoms with Crippen molar-refractivity contribution in [3.63, 3.8) is 0 Å². The summed E-state index contributed by atoms with van der Waals surface area (Å²) in [4.78, 5) is 0. The van der Waals surface area contributed by atoms with Gasteiger partial charge in [-0.25, -0.2) is 0 Å². The van der Waals surface area contributed by atoms with Crippen molar-refractivity contribution in [2.24, 2.45) is 0 Å².